The molecule has 32 heavy (non-hydrogen) atoms. The Labute approximate surface area is 186 Å². The predicted molar refractivity (Wildman–Crippen MR) is 125 cm³/mol. The highest BCUT2D eigenvalue weighted by atomic mass is 32.2. The molecule has 0 radical (unpaired) electrons. The normalized spacial score (nSPS) is 15.8. The van der Waals surface area contributed by atoms with E-state index < -0.39 is 15.9 Å². The van der Waals surface area contributed by atoms with Crippen LogP contribution in [-0.2, 0) is 22.9 Å². The largest absolute Gasteiger partial charge is 0.382 e. The smallest absolute Gasteiger partial charge is 0.315 e. The molecule has 0 spiro atoms. The van der Waals surface area contributed by atoms with E-state index in [1.807, 2.05) is 31.2 Å². The van der Waals surface area contributed by atoms with Gasteiger partial charge in [-0.2, -0.15) is 0 Å². The average molecular weight is 460 g/mol. The van der Waals surface area contributed by atoms with Crippen LogP contribution in [0.15, 0.2) is 24.3 Å². The number of imidazole rings is 1. The number of primary amides is 1. The summed E-state index contributed by atoms with van der Waals surface area (Å²) in [5, 5.41) is 4.32. The van der Waals surface area contributed by atoms with Crippen molar-refractivity contribution in [3.63, 3.8) is 0 Å². The van der Waals surface area contributed by atoms with Crippen LogP contribution >= 0.6 is 0 Å². The SMILES string of the molecule is CCNCc1nc2c(N)nc3ccccc3c2n1CCCCN(C(N)=O)C1CS(=O)(=O)C1. The number of anilines is 1. The third-order valence-corrected chi connectivity index (χ3v) is 7.65. The molecule has 1 fully saturated rings. The summed E-state index contributed by atoms with van der Waals surface area (Å²) in [6.07, 6.45) is 1.46. The number of hydrogen-bond donors (Lipinski definition) is 3. The zero-order chi connectivity index (χ0) is 22.9. The number of aromatic nitrogens is 3. The number of benzene rings is 1. The van der Waals surface area contributed by atoms with Crippen molar-refractivity contribution >= 4 is 43.6 Å². The van der Waals surface area contributed by atoms with Crippen molar-refractivity contribution in [3.05, 3.63) is 30.1 Å². The number of sulfone groups is 1. The minimum absolute atomic E-state index is 0.00675. The molecule has 5 N–H and O–H groups in total. The fourth-order valence-corrected chi connectivity index (χ4v) is 5.69. The fraction of sp³-hybridized carbons (Fsp3) is 0.476. The highest BCUT2D eigenvalue weighted by molar-refractivity contribution is 7.92. The second-order valence-corrected chi connectivity index (χ2v) is 10.3. The van der Waals surface area contributed by atoms with Gasteiger partial charge in [0.05, 0.1) is 35.1 Å². The number of nitrogen functional groups attached to an aromatic ring is 1. The number of nitrogens with two attached hydrogens (primary N) is 2. The maximum absolute atomic E-state index is 11.8. The van der Waals surface area contributed by atoms with E-state index in [9.17, 15) is 13.2 Å². The van der Waals surface area contributed by atoms with Gasteiger partial charge in [0, 0.05) is 18.5 Å². The van der Waals surface area contributed by atoms with Crippen LogP contribution in [0.25, 0.3) is 21.9 Å². The molecule has 1 aliphatic rings. The van der Waals surface area contributed by atoms with Crippen molar-refractivity contribution in [2.24, 2.45) is 5.73 Å². The molecule has 2 amide bonds. The summed E-state index contributed by atoms with van der Waals surface area (Å²) in [4.78, 5) is 22.6. The average Bonchev–Trinajstić information content (AvgIpc) is 3.09. The number of hydrogen-bond acceptors (Lipinski definition) is 7. The van der Waals surface area contributed by atoms with Crippen LogP contribution in [0, 0.1) is 0 Å². The summed E-state index contributed by atoms with van der Waals surface area (Å²) in [6.45, 7) is 4.56. The van der Waals surface area contributed by atoms with Gasteiger partial charge in [0.2, 0.25) is 0 Å². The molecule has 0 unspecified atom stereocenters. The van der Waals surface area contributed by atoms with E-state index in [1.54, 1.807) is 0 Å². The number of nitrogens with zero attached hydrogens (tertiary/aromatic N) is 4. The Balaban J connectivity index is 1.55. The summed E-state index contributed by atoms with van der Waals surface area (Å²) in [5.41, 5.74) is 14.2. The first kappa shape index (κ1) is 22.3. The molecular formula is C21H29N7O3S. The lowest BCUT2D eigenvalue weighted by molar-refractivity contribution is 0.188. The number of rotatable bonds is 9. The molecule has 1 aliphatic heterocycles. The van der Waals surface area contributed by atoms with Crippen molar-refractivity contribution < 1.29 is 13.2 Å². The highest BCUT2D eigenvalue weighted by Crippen LogP contribution is 2.29. The minimum Gasteiger partial charge on any atom is -0.382 e. The molecule has 0 atom stereocenters. The third-order valence-electron chi connectivity index (χ3n) is 5.87. The Bertz CT molecular complexity index is 1240. The lowest BCUT2D eigenvalue weighted by Crippen LogP contribution is -2.57. The van der Waals surface area contributed by atoms with Gasteiger partial charge in [-0.15, -0.1) is 0 Å². The van der Waals surface area contributed by atoms with E-state index in [0.717, 1.165) is 35.2 Å². The van der Waals surface area contributed by atoms with Gasteiger partial charge in [-0.25, -0.2) is 23.2 Å². The van der Waals surface area contributed by atoms with Crippen molar-refractivity contribution in [1.82, 2.24) is 24.8 Å². The van der Waals surface area contributed by atoms with Crippen LogP contribution in [-0.4, -0.2) is 64.5 Å². The van der Waals surface area contributed by atoms with Crippen LogP contribution in [0.3, 0.4) is 0 Å². The zero-order valence-corrected chi connectivity index (χ0v) is 18.9. The molecule has 0 saturated carbocycles. The number of unbranched alkanes of at least 4 members (excludes halogenated alkanes) is 1. The van der Waals surface area contributed by atoms with Gasteiger partial charge >= 0.3 is 6.03 Å². The summed E-state index contributed by atoms with van der Waals surface area (Å²) >= 11 is 0. The number of urea groups is 1. The molecule has 2 aromatic heterocycles. The van der Waals surface area contributed by atoms with Gasteiger partial charge in [-0.05, 0) is 25.5 Å². The van der Waals surface area contributed by atoms with E-state index in [4.69, 9.17) is 16.5 Å². The first-order valence-electron chi connectivity index (χ1n) is 10.8. The topological polar surface area (TPSA) is 149 Å². The third kappa shape index (κ3) is 4.35. The van der Waals surface area contributed by atoms with E-state index in [1.165, 1.54) is 4.90 Å². The second-order valence-electron chi connectivity index (χ2n) is 8.14. The quantitative estimate of drug-likeness (QED) is 0.407. The number of pyridine rings is 1. The van der Waals surface area contributed by atoms with Gasteiger partial charge in [-0.3, -0.25) is 0 Å². The zero-order valence-electron chi connectivity index (χ0n) is 18.1. The van der Waals surface area contributed by atoms with Crippen molar-refractivity contribution in [1.29, 1.82) is 0 Å². The molecule has 10 nitrogen and oxygen atoms in total. The standard InChI is InChI=1S/C21H29N7O3S/c1-2-24-11-17-26-18-19(15-7-3-4-8-16(15)25-20(18)22)28(17)10-6-5-9-27(21(23)29)14-12-32(30,31)13-14/h3-4,7-8,14,24H,2,5-6,9-13H2,1H3,(H2,22,25)(H2,23,29). The van der Waals surface area contributed by atoms with Gasteiger partial charge in [0.25, 0.3) is 0 Å². The van der Waals surface area contributed by atoms with Crippen molar-refractivity contribution in [3.8, 4) is 0 Å². The van der Waals surface area contributed by atoms with E-state index in [0.29, 0.717) is 37.4 Å². The van der Waals surface area contributed by atoms with Gasteiger partial charge in [0.1, 0.15) is 11.3 Å². The minimum atomic E-state index is -3.03. The summed E-state index contributed by atoms with van der Waals surface area (Å²) in [5.74, 6) is 1.27. The molecular weight excluding hydrogens is 430 g/mol. The molecule has 172 valence electrons. The lowest BCUT2D eigenvalue weighted by atomic mass is 10.2. The highest BCUT2D eigenvalue weighted by Gasteiger charge is 2.38. The predicted octanol–water partition coefficient (Wildman–Crippen LogP) is 1.23. The van der Waals surface area contributed by atoms with Crippen molar-refractivity contribution in [2.45, 2.75) is 38.9 Å². The summed E-state index contributed by atoms with van der Waals surface area (Å²) < 4.78 is 25.1. The van der Waals surface area contributed by atoms with Gasteiger partial charge in [0.15, 0.2) is 15.7 Å². The Kier molecular flexibility index (Phi) is 6.20. The van der Waals surface area contributed by atoms with Crippen LogP contribution in [0.5, 0.6) is 0 Å². The number of fused-ring (bicyclic) bond motifs is 3. The van der Waals surface area contributed by atoms with Crippen LogP contribution in [0.2, 0.25) is 0 Å². The molecule has 3 aromatic rings. The Hall–Kier alpha value is -2.92. The number of para-hydroxylation sites is 1. The lowest BCUT2D eigenvalue weighted by Gasteiger charge is -2.35. The van der Waals surface area contributed by atoms with E-state index in [-0.39, 0.29) is 17.5 Å². The van der Waals surface area contributed by atoms with E-state index in [2.05, 4.69) is 14.9 Å². The first-order valence-corrected chi connectivity index (χ1v) is 12.6. The van der Waals surface area contributed by atoms with Gasteiger partial charge in [-0.1, -0.05) is 25.1 Å². The molecule has 0 bridgehead atoms. The second kappa shape index (κ2) is 8.91. The van der Waals surface area contributed by atoms with Crippen LogP contribution in [0.4, 0.5) is 10.6 Å². The number of carbonyl (C=O) groups excluding carboxylic acids is 1. The van der Waals surface area contributed by atoms with Crippen molar-refractivity contribution in [2.75, 3.05) is 30.3 Å². The molecule has 11 heteroatoms. The number of aryl methyl sites for hydroxylation is 1. The summed E-state index contributed by atoms with van der Waals surface area (Å²) in [7, 11) is -3.03. The fourth-order valence-electron chi connectivity index (χ4n) is 4.26. The monoisotopic (exact) mass is 459 g/mol. The molecule has 1 aromatic carbocycles. The maximum atomic E-state index is 11.8. The molecule has 4 rings (SSSR count). The Morgan fingerprint density at radius 1 is 1.25 bits per heavy atom. The van der Waals surface area contributed by atoms with Crippen LogP contribution in [0.1, 0.15) is 25.6 Å². The number of amides is 2. The van der Waals surface area contributed by atoms with Gasteiger partial charge < -0.3 is 26.3 Å². The Morgan fingerprint density at radius 3 is 2.69 bits per heavy atom. The molecule has 0 aliphatic carbocycles. The number of carbonyl (C=O) groups is 1. The Morgan fingerprint density at radius 2 is 2.00 bits per heavy atom. The maximum Gasteiger partial charge on any atom is 0.315 e. The summed E-state index contributed by atoms with van der Waals surface area (Å²) in [6, 6.07) is 6.97. The van der Waals surface area contributed by atoms with Crippen LogP contribution < -0.4 is 16.8 Å². The van der Waals surface area contributed by atoms with E-state index >= 15 is 0 Å². The molecule has 3 heterocycles. The number of nitrogens with one attached hydrogen (secondary N) is 1. The molecule has 1 saturated heterocycles. The first-order chi connectivity index (χ1) is 15.3.